The molecule has 0 saturated carbocycles. The molecule has 0 aliphatic rings. The summed E-state index contributed by atoms with van der Waals surface area (Å²) in [7, 11) is -2.00. The third kappa shape index (κ3) is 20.1. The van der Waals surface area contributed by atoms with E-state index < -0.39 is 20.7 Å². The lowest BCUT2D eigenvalue weighted by atomic mass is 10.1. The summed E-state index contributed by atoms with van der Waals surface area (Å²) in [4.78, 5) is 0. The third-order valence-corrected chi connectivity index (χ3v) is 7.78. The molecule has 0 nitrogen and oxygen atoms in total. The van der Waals surface area contributed by atoms with Crippen molar-refractivity contribution in [3.05, 3.63) is 0 Å². The summed E-state index contributed by atoms with van der Waals surface area (Å²) in [5.41, 5.74) is 3.16. The lowest BCUT2D eigenvalue weighted by molar-refractivity contribution is -0.130. The zero-order chi connectivity index (χ0) is 19.0. The number of thioether (sulfide) groups is 1. The zero-order valence-electron chi connectivity index (χ0n) is 16.4. The monoisotopic (exact) mass is 394 g/mol. The van der Waals surface area contributed by atoms with E-state index in [2.05, 4.69) is 30.1 Å². The van der Waals surface area contributed by atoms with E-state index in [1.54, 1.807) is 0 Å². The van der Waals surface area contributed by atoms with Crippen LogP contribution in [0.3, 0.4) is 0 Å². The van der Waals surface area contributed by atoms with Gasteiger partial charge in [0.1, 0.15) is 8.07 Å². The van der Waals surface area contributed by atoms with Gasteiger partial charge in [0.25, 0.3) is 0 Å². The van der Waals surface area contributed by atoms with E-state index in [9.17, 15) is 13.2 Å². The van der Waals surface area contributed by atoms with Crippen LogP contribution in [0.25, 0.3) is 0 Å². The molecule has 0 unspecified atom stereocenters. The maximum atomic E-state index is 12.3. The van der Waals surface area contributed by atoms with E-state index in [0.29, 0.717) is 0 Å². The minimum absolute atomic E-state index is 0.223. The lowest BCUT2D eigenvalue weighted by Crippen LogP contribution is -2.26. The summed E-state index contributed by atoms with van der Waals surface area (Å²) in [5, 5.41) is 0. The van der Waals surface area contributed by atoms with Gasteiger partial charge < -0.3 is 0 Å². The molecule has 25 heavy (non-hydrogen) atoms. The smallest absolute Gasteiger partial charge is 0.171 e. The highest BCUT2D eigenvalue weighted by molar-refractivity contribution is 7.99. The van der Waals surface area contributed by atoms with E-state index in [0.717, 1.165) is 12.8 Å². The summed E-state index contributed by atoms with van der Waals surface area (Å²) in [6, 6.07) is 0.223. The first-order valence-electron chi connectivity index (χ1n) is 9.91. The van der Waals surface area contributed by atoms with E-state index in [1.807, 2.05) is 13.1 Å². The van der Waals surface area contributed by atoms with Gasteiger partial charge in [-0.15, -0.1) is 11.5 Å². The predicted molar refractivity (Wildman–Crippen MR) is 110 cm³/mol. The lowest BCUT2D eigenvalue weighted by Gasteiger charge is -2.15. The summed E-state index contributed by atoms with van der Waals surface area (Å²) >= 11 is 2.07. The molecule has 0 rings (SSSR count). The van der Waals surface area contributed by atoms with Crippen LogP contribution in [0.1, 0.15) is 77.6 Å². The van der Waals surface area contributed by atoms with Crippen molar-refractivity contribution in [3.63, 3.8) is 0 Å². The van der Waals surface area contributed by atoms with Gasteiger partial charge in [0.15, 0.2) is 0 Å². The van der Waals surface area contributed by atoms with Gasteiger partial charge in [-0.3, -0.25) is 0 Å². The molecule has 0 aromatic heterocycles. The quantitative estimate of drug-likeness (QED) is 0.164. The fourth-order valence-corrected chi connectivity index (χ4v) is 5.08. The predicted octanol–water partition coefficient (Wildman–Crippen LogP) is 7.84. The first-order valence-corrected chi connectivity index (χ1v) is 14.3. The maximum absolute atomic E-state index is 12.3. The molecular formula is C20H37F3SSi. The molecule has 0 aliphatic heterocycles. The molecule has 0 aliphatic carbocycles. The van der Waals surface area contributed by atoms with Gasteiger partial charge in [-0.2, -0.15) is 24.9 Å². The Bertz CT molecular complexity index is 369. The molecule has 0 N–H and O–H groups in total. The fourth-order valence-electron chi connectivity index (χ4n) is 2.54. The Morgan fingerprint density at radius 3 is 1.96 bits per heavy atom. The highest BCUT2D eigenvalue weighted by Gasteiger charge is 2.31. The van der Waals surface area contributed by atoms with Crippen molar-refractivity contribution in [2.75, 3.05) is 11.5 Å². The summed E-state index contributed by atoms with van der Waals surface area (Å²) in [6.07, 6.45) is 7.66. The van der Waals surface area contributed by atoms with Gasteiger partial charge in [0.2, 0.25) is 0 Å². The van der Waals surface area contributed by atoms with Crippen molar-refractivity contribution in [2.24, 2.45) is 0 Å². The molecule has 0 heterocycles. The minimum Gasteiger partial charge on any atom is -0.171 e. The van der Waals surface area contributed by atoms with Crippen molar-refractivity contribution in [2.45, 2.75) is 103 Å². The Hall–Kier alpha value is -0.0831. The van der Waals surface area contributed by atoms with Crippen LogP contribution in [-0.4, -0.2) is 25.8 Å². The number of unbranched alkanes of at least 4 members (excludes halogenated alkanes) is 8. The first-order chi connectivity index (χ1) is 11.8. The summed E-state index contributed by atoms with van der Waals surface area (Å²) in [5.74, 6) is 5.75. The van der Waals surface area contributed by atoms with Crippen LogP contribution in [0.15, 0.2) is 0 Å². The Labute approximate surface area is 159 Å². The Balaban J connectivity index is 3.46. The number of hydrogen-bond donors (Lipinski definition) is 0. The second-order valence-corrected chi connectivity index (χ2v) is 13.2. The normalized spacial score (nSPS) is 12.1. The molecule has 0 radical (unpaired) electrons. The van der Waals surface area contributed by atoms with Gasteiger partial charge in [-0.25, -0.2) is 0 Å². The van der Waals surface area contributed by atoms with Crippen molar-refractivity contribution >= 4 is 19.8 Å². The fraction of sp³-hybridized carbons (Fsp3) is 0.900. The van der Waals surface area contributed by atoms with Crippen LogP contribution in [0.5, 0.6) is 0 Å². The molecule has 0 bridgehead atoms. The van der Waals surface area contributed by atoms with E-state index in [1.165, 1.54) is 62.9 Å². The van der Waals surface area contributed by atoms with Gasteiger partial charge in [0.05, 0.1) is 0 Å². The van der Waals surface area contributed by atoms with E-state index in [4.69, 9.17) is 0 Å². The second kappa shape index (κ2) is 15.0. The Morgan fingerprint density at radius 2 is 1.40 bits per heavy atom. The van der Waals surface area contributed by atoms with Crippen molar-refractivity contribution in [1.82, 2.24) is 0 Å². The Morgan fingerprint density at radius 1 is 0.840 bits per heavy atom. The van der Waals surface area contributed by atoms with Crippen LogP contribution in [0, 0.1) is 11.5 Å². The largest absolute Gasteiger partial charge is 0.388 e. The topological polar surface area (TPSA) is 0 Å². The molecule has 0 aromatic carbocycles. The molecule has 0 atom stereocenters. The molecule has 0 amide bonds. The summed E-state index contributed by atoms with van der Waals surface area (Å²) < 4.78 is 36.8. The van der Waals surface area contributed by atoms with Crippen LogP contribution < -0.4 is 0 Å². The van der Waals surface area contributed by atoms with Crippen LogP contribution in [-0.2, 0) is 0 Å². The number of hydrogen-bond acceptors (Lipinski definition) is 1. The highest BCUT2D eigenvalue weighted by Crippen LogP contribution is 2.25. The molecule has 0 saturated heterocycles. The van der Waals surface area contributed by atoms with Crippen molar-refractivity contribution < 1.29 is 13.2 Å². The maximum Gasteiger partial charge on any atom is 0.388 e. The van der Waals surface area contributed by atoms with Crippen LogP contribution in [0.4, 0.5) is 13.2 Å². The number of rotatable bonds is 14. The highest BCUT2D eigenvalue weighted by atomic mass is 32.2. The van der Waals surface area contributed by atoms with Gasteiger partial charge in [-0.05, 0) is 36.8 Å². The molecule has 0 fully saturated rings. The number of halogens is 3. The SMILES string of the molecule is CCCSCCCCCCCCCCC#C[Si](C)(C)CCC(F)(F)F. The van der Waals surface area contributed by atoms with Crippen molar-refractivity contribution in [1.29, 1.82) is 0 Å². The molecule has 5 heteroatoms. The van der Waals surface area contributed by atoms with Gasteiger partial charge in [-0.1, -0.05) is 58.5 Å². The molecular weight excluding hydrogens is 357 g/mol. The third-order valence-electron chi connectivity index (χ3n) is 4.15. The Kier molecular flexibility index (Phi) is 15.0. The van der Waals surface area contributed by atoms with Crippen LogP contribution in [0.2, 0.25) is 19.1 Å². The summed E-state index contributed by atoms with van der Waals surface area (Å²) in [6.45, 7) is 6.11. The minimum atomic E-state index is -4.04. The first kappa shape index (κ1) is 24.9. The molecule has 0 aromatic rings. The average molecular weight is 395 g/mol. The average Bonchev–Trinajstić information content (AvgIpc) is 2.53. The zero-order valence-corrected chi connectivity index (χ0v) is 18.3. The van der Waals surface area contributed by atoms with Crippen molar-refractivity contribution in [3.8, 4) is 11.5 Å². The van der Waals surface area contributed by atoms with Crippen LogP contribution >= 0.6 is 11.8 Å². The van der Waals surface area contributed by atoms with Gasteiger partial charge in [0, 0.05) is 12.8 Å². The molecule has 148 valence electrons. The van der Waals surface area contributed by atoms with E-state index in [-0.39, 0.29) is 6.04 Å². The standard InChI is InChI=1S/C20H37F3SSi/c1-4-16-24-17-13-11-9-7-5-6-8-10-12-14-18-25(2,3)19-15-20(21,22)23/h4-13,15-17,19H2,1-3H3. The second-order valence-electron chi connectivity index (χ2n) is 7.49. The number of alkyl halides is 3. The molecule has 0 spiro atoms. The van der Waals surface area contributed by atoms with Gasteiger partial charge >= 0.3 is 6.18 Å². The van der Waals surface area contributed by atoms with E-state index >= 15 is 0 Å².